The highest BCUT2D eigenvalue weighted by atomic mass is 32.2. The predicted molar refractivity (Wildman–Crippen MR) is 108 cm³/mol. The van der Waals surface area contributed by atoms with E-state index in [1.165, 1.54) is 6.08 Å². The molecule has 0 aliphatic heterocycles. The normalized spacial score (nSPS) is 17.6. The fourth-order valence-corrected chi connectivity index (χ4v) is 3.93. The van der Waals surface area contributed by atoms with Crippen molar-refractivity contribution in [3.63, 3.8) is 0 Å². The third-order valence-corrected chi connectivity index (χ3v) is 5.93. The zero-order valence-electron chi connectivity index (χ0n) is 15.2. The van der Waals surface area contributed by atoms with Crippen LogP contribution in [-0.4, -0.2) is 36.9 Å². The molecule has 1 aromatic rings. The van der Waals surface area contributed by atoms with E-state index in [0.29, 0.717) is 5.69 Å². The molecular weight excluding hydrogens is 420 g/mol. The van der Waals surface area contributed by atoms with Crippen molar-refractivity contribution in [1.82, 2.24) is 0 Å². The largest absolute Gasteiger partial charge is 0.298 e. The van der Waals surface area contributed by atoms with Gasteiger partial charge in [-0.1, -0.05) is 23.8 Å². The highest BCUT2D eigenvalue weighted by Gasteiger charge is 2.34. The molecule has 11 heteroatoms. The summed E-state index contributed by atoms with van der Waals surface area (Å²) < 4.78 is 62.8. The van der Waals surface area contributed by atoms with Crippen molar-refractivity contribution in [3.05, 3.63) is 75.4 Å². The summed E-state index contributed by atoms with van der Waals surface area (Å²) in [6, 6.07) is 5.32. The molecule has 0 bridgehead atoms. The molecule has 0 fully saturated rings. The average molecular weight is 436 g/mol. The maximum Gasteiger partial charge on any atom is 0.298 e. The zero-order valence-corrected chi connectivity index (χ0v) is 16.9. The second-order valence-corrected chi connectivity index (χ2v) is 9.25. The number of Topliss-reactive ketones (excluding diaryl/α,β-unsaturated/α-hetero) is 1. The molecule has 0 amide bonds. The van der Waals surface area contributed by atoms with Crippen LogP contribution in [0.1, 0.15) is 11.1 Å². The summed E-state index contributed by atoms with van der Waals surface area (Å²) in [5.74, 6) is -1.07. The lowest BCUT2D eigenvalue weighted by Crippen LogP contribution is -2.21. The average Bonchev–Trinajstić information content (AvgIpc) is 2.59. The van der Waals surface area contributed by atoms with E-state index in [9.17, 15) is 31.1 Å². The van der Waals surface area contributed by atoms with Gasteiger partial charge in [0.05, 0.1) is 10.6 Å². The van der Waals surface area contributed by atoms with E-state index in [1.54, 1.807) is 19.1 Å². The summed E-state index contributed by atoms with van der Waals surface area (Å²) in [5, 5.41) is 7.92. The smallest absolute Gasteiger partial charge is 0.293 e. The number of nitrogens with zero attached hydrogens (tertiary/aromatic N) is 2. The predicted octanol–water partition coefficient (Wildman–Crippen LogP) is 2.89. The number of benzene rings is 1. The summed E-state index contributed by atoms with van der Waals surface area (Å²) in [5.41, 5.74) is 1.98. The number of fused-ring (bicyclic) bond motifs is 1. The first-order valence-electron chi connectivity index (χ1n) is 8.11. The molecule has 3 rings (SSSR count). The van der Waals surface area contributed by atoms with Crippen LogP contribution in [-0.2, 0) is 25.0 Å². The minimum absolute atomic E-state index is 0.000119. The number of hydrogen-bond acceptors (Lipinski definition) is 6. The highest BCUT2D eigenvalue weighted by molar-refractivity contribution is 7.92. The van der Waals surface area contributed by atoms with Gasteiger partial charge >= 0.3 is 0 Å². The molecule has 3 N–H and O–H groups in total. The van der Waals surface area contributed by atoms with Gasteiger partial charge in [-0.2, -0.15) is 13.5 Å². The van der Waals surface area contributed by atoms with E-state index >= 15 is 0 Å². The van der Waals surface area contributed by atoms with Gasteiger partial charge in [0.15, 0.2) is 0 Å². The highest BCUT2D eigenvalue weighted by Crippen LogP contribution is 2.33. The van der Waals surface area contributed by atoms with Crippen molar-refractivity contribution in [3.8, 4) is 0 Å². The van der Waals surface area contributed by atoms with Gasteiger partial charge in [0.25, 0.3) is 10.1 Å². The number of carbonyl (C=O) groups is 1. The number of allylic oxidation sites excluding steroid dienone is 7. The van der Waals surface area contributed by atoms with E-state index in [-0.39, 0.29) is 16.8 Å². The number of azo groups is 1. The summed E-state index contributed by atoms with van der Waals surface area (Å²) in [4.78, 5) is 11.3. The van der Waals surface area contributed by atoms with Gasteiger partial charge in [-0.05, 0) is 49.3 Å². The van der Waals surface area contributed by atoms with Gasteiger partial charge in [-0.15, -0.1) is 5.11 Å². The maximum absolute atomic E-state index is 12.6. The fraction of sp³-hybridized carbons (Fsp3) is 0.111. The Balaban J connectivity index is 2.20. The number of aryl methyl sites for hydroxylation is 2. The molecule has 1 aromatic carbocycles. The summed E-state index contributed by atoms with van der Waals surface area (Å²) in [7, 11) is -9.23. The molecule has 0 spiro atoms. The van der Waals surface area contributed by atoms with E-state index in [2.05, 4.69) is 10.2 Å². The van der Waals surface area contributed by atoms with Crippen molar-refractivity contribution in [1.29, 1.82) is 0 Å². The summed E-state index contributed by atoms with van der Waals surface area (Å²) in [6.45, 7) is 3.68. The van der Waals surface area contributed by atoms with E-state index in [4.69, 9.17) is 0 Å². The third-order valence-electron chi connectivity index (χ3n) is 4.20. The lowest BCUT2D eigenvalue weighted by molar-refractivity contribution is -0.111. The molecule has 0 aromatic heterocycles. The Morgan fingerprint density at radius 3 is 2.21 bits per heavy atom. The van der Waals surface area contributed by atoms with Crippen LogP contribution in [0.3, 0.4) is 0 Å². The van der Waals surface area contributed by atoms with Gasteiger partial charge in [-0.25, -0.2) is 4.21 Å². The van der Waals surface area contributed by atoms with E-state index < -0.39 is 35.8 Å². The Morgan fingerprint density at radius 1 is 0.931 bits per heavy atom. The first-order valence-corrected chi connectivity index (χ1v) is 11.0. The molecule has 29 heavy (non-hydrogen) atoms. The van der Waals surface area contributed by atoms with Crippen molar-refractivity contribution in [2.24, 2.45) is 10.2 Å². The van der Waals surface area contributed by atoms with Gasteiger partial charge in [0.2, 0.25) is 15.9 Å². The molecular formula is C18H16N2O7S2. The SMILES string of the molecule is Cc1ccc(N=NC2=C3C=CC(=S(=O)(O)O)C=C3C=C(S(=O)(=O)O)C2=O)c(C)c1. The summed E-state index contributed by atoms with van der Waals surface area (Å²) >= 11 is 0. The van der Waals surface area contributed by atoms with Crippen LogP contribution in [0.15, 0.2) is 74.5 Å². The lowest BCUT2D eigenvalue weighted by Gasteiger charge is -2.19. The molecule has 0 atom stereocenters. The van der Waals surface area contributed by atoms with E-state index in [1.807, 2.05) is 13.0 Å². The third kappa shape index (κ3) is 4.33. The second-order valence-electron chi connectivity index (χ2n) is 6.40. The molecule has 152 valence electrons. The van der Waals surface area contributed by atoms with E-state index in [0.717, 1.165) is 29.4 Å². The Morgan fingerprint density at radius 2 is 1.62 bits per heavy atom. The molecule has 9 nitrogen and oxygen atoms in total. The lowest BCUT2D eigenvalue weighted by atomic mass is 9.92. The standard InChI is InChI=1S/C18H16N2O7S2/c1-10-3-6-15(11(2)7-10)19-20-17-14-5-4-13(28(22,23)24)8-12(14)9-16(18(17)21)29(25,26)27/h3-9H,1-2H3,(H2,22,23,24)(H,25,26,27). The van der Waals surface area contributed by atoms with Crippen LogP contribution >= 0.6 is 0 Å². The van der Waals surface area contributed by atoms with Gasteiger partial charge in [-0.3, -0.25) is 18.5 Å². The Hall–Kier alpha value is -2.70. The van der Waals surface area contributed by atoms with Crippen molar-refractivity contribution < 1.29 is 31.1 Å². The molecule has 0 radical (unpaired) electrons. The van der Waals surface area contributed by atoms with Crippen LogP contribution in [0.2, 0.25) is 0 Å². The van der Waals surface area contributed by atoms with Crippen LogP contribution in [0.4, 0.5) is 5.69 Å². The van der Waals surface area contributed by atoms with Crippen molar-refractivity contribution >= 4 is 36.5 Å². The van der Waals surface area contributed by atoms with Crippen molar-refractivity contribution in [2.45, 2.75) is 13.8 Å². The molecule has 0 unspecified atom stereocenters. The number of hydrogen-bond donors (Lipinski definition) is 3. The van der Waals surface area contributed by atoms with Crippen molar-refractivity contribution in [2.75, 3.05) is 0 Å². The molecule has 0 saturated carbocycles. The van der Waals surface area contributed by atoms with Gasteiger partial charge in [0.1, 0.15) is 10.6 Å². The first kappa shape index (κ1) is 21.0. The quantitative estimate of drug-likeness (QED) is 0.374. The number of carbonyl (C=O) groups excluding carboxylic acids is 1. The molecule has 2 aliphatic rings. The van der Waals surface area contributed by atoms with Crippen LogP contribution < -0.4 is 0 Å². The van der Waals surface area contributed by atoms with Gasteiger partial charge < -0.3 is 0 Å². The summed E-state index contributed by atoms with van der Waals surface area (Å²) in [6.07, 6.45) is 4.22. The zero-order chi connectivity index (χ0) is 21.6. The Labute approximate surface area is 167 Å². The van der Waals surface area contributed by atoms with Crippen LogP contribution in [0.25, 0.3) is 0 Å². The van der Waals surface area contributed by atoms with Gasteiger partial charge in [0, 0.05) is 5.57 Å². The number of ketones is 1. The maximum atomic E-state index is 12.6. The van der Waals surface area contributed by atoms with Crippen LogP contribution in [0.5, 0.6) is 0 Å². The molecule has 0 heterocycles. The van der Waals surface area contributed by atoms with Crippen LogP contribution in [0, 0.1) is 13.8 Å². The Kier molecular flexibility index (Phi) is 5.28. The number of rotatable bonds is 3. The fourth-order valence-electron chi connectivity index (χ4n) is 2.80. The minimum Gasteiger partial charge on any atom is -0.293 e. The molecule has 2 aliphatic carbocycles. The minimum atomic E-state index is -4.90. The monoisotopic (exact) mass is 436 g/mol. The topological polar surface area (TPSA) is 154 Å². The Bertz CT molecular complexity index is 1310. The second kappa shape index (κ2) is 7.28. The molecule has 0 saturated heterocycles. The first-order chi connectivity index (χ1) is 13.4.